The van der Waals surface area contributed by atoms with Crippen LogP contribution in [0.25, 0.3) is 0 Å². The van der Waals surface area contributed by atoms with Gasteiger partial charge in [-0.3, -0.25) is 10.1 Å². The zero-order valence-electron chi connectivity index (χ0n) is 10.2. The zero-order chi connectivity index (χ0) is 13.5. The first-order valence-electron chi connectivity index (χ1n) is 5.54. The molecule has 3 amide bonds. The molecule has 0 bridgehead atoms. The minimum atomic E-state index is -0.748. The molecule has 0 spiro atoms. The summed E-state index contributed by atoms with van der Waals surface area (Å²) in [6, 6.07) is 6.61. The number of benzene rings is 1. The fourth-order valence-electron chi connectivity index (χ4n) is 1.22. The highest BCUT2D eigenvalue weighted by Crippen LogP contribution is 2.18. The van der Waals surface area contributed by atoms with Crippen LogP contribution in [-0.2, 0) is 4.79 Å². The van der Waals surface area contributed by atoms with Crippen molar-refractivity contribution in [2.75, 3.05) is 6.54 Å². The lowest BCUT2D eigenvalue weighted by atomic mass is 10.3. The van der Waals surface area contributed by atoms with Crippen molar-refractivity contribution < 1.29 is 14.3 Å². The molecule has 1 atom stereocenters. The molecular weight excluding hydrogens is 300 g/mol. The van der Waals surface area contributed by atoms with E-state index in [0.717, 1.165) is 4.47 Å². The van der Waals surface area contributed by atoms with Gasteiger partial charge >= 0.3 is 6.03 Å². The number of carbonyl (C=O) groups is 2. The van der Waals surface area contributed by atoms with Crippen molar-refractivity contribution in [2.45, 2.75) is 20.0 Å². The van der Waals surface area contributed by atoms with E-state index in [4.69, 9.17) is 4.74 Å². The van der Waals surface area contributed by atoms with Gasteiger partial charge in [0.1, 0.15) is 5.75 Å². The van der Waals surface area contributed by atoms with Gasteiger partial charge in [0.25, 0.3) is 5.91 Å². The van der Waals surface area contributed by atoms with Crippen LogP contribution in [0.15, 0.2) is 28.7 Å². The van der Waals surface area contributed by atoms with Gasteiger partial charge in [-0.1, -0.05) is 22.0 Å². The number of amides is 3. The normalized spacial score (nSPS) is 11.5. The molecule has 0 heterocycles. The van der Waals surface area contributed by atoms with Crippen LogP contribution in [-0.4, -0.2) is 24.6 Å². The molecule has 2 N–H and O–H groups in total. The summed E-state index contributed by atoms with van der Waals surface area (Å²) in [6.07, 6.45) is -0.748. The van der Waals surface area contributed by atoms with Gasteiger partial charge in [-0.2, -0.15) is 0 Å². The fraction of sp³-hybridized carbons (Fsp3) is 0.333. The van der Waals surface area contributed by atoms with Crippen LogP contribution < -0.4 is 15.4 Å². The molecule has 0 fully saturated rings. The Hall–Kier alpha value is -1.56. The summed E-state index contributed by atoms with van der Waals surface area (Å²) in [7, 11) is 0. The summed E-state index contributed by atoms with van der Waals surface area (Å²) in [4.78, 5) is 22.8. The molecule has 0 aromatic heterocycles. The van der Waals surface area contributed by atoms with Gasteiger partial charge in [-0.05, 0) is 32.0 Å². The Bertz CT molecular complexity index is 437. The highest BCUT2D eigenvalue weighted by molar-refractivity contribution is 9.10. The third-order valence-corrected chi connectivity index (χ3v) is 2.55. The van der Waals surface area contributed by atoms with Crippen LogP contribution >= 0.6 is 15.9 Å². The quantitative estimate of drug-likeness (QED) is 0.894. The molecule has 6 heteroatoms. The fourth-order valence-corrected chi connectivity index (χ4v) is 1.59. The van der Waals surface area contributed by atoms with Crippen LogP contribution in [0.3, 0.4) is 0 Å². The number of nitrogens with one attached hydrogen (secondary N) is 2. The number of carbonyl (C=O) groups excluding carboxylic acids is 2. The first-order chi connectivity index (χ1) is 8.52. The second-order valence-corrected chi connectivity index (χ2v) is 4.48. The molecule has 0 unspecified atom stereocenters. The second-order valence-electron chi connectivity index (χ2n) is 3.57. The zero-order valence-corrected chi connectivity index (χ0v) is 11.8. The summed E-state index contributed by atoms with van der Waals surface area (Å²) in [5, 5.41) is 4.66. The van der Waals surface area contributed by atoms with E-state index in [-0.39, 0.29) is 0 Å². The SMILES string of the molecule is CCNC(=O)NC(=O)[C@@H](C)Oc1cccc(Br)c1. The molecule has 0 aliphatic carbocycles. The van der Waals surface area contributed by atoms with Gasteiger partial charge < -0.3 is 10.1 Å². The molecular formula is C12H15BrN2O3. The molecule has 5 nitrogen and oxygen atoms in total. The van der Waals surface area contributed by atoms with Crippen LogP contribution in [0.1, 0.15) is 13.8 Å². The van der Waals surface area contributed by atoms with E-state index < -0.39 is 18.0 Å². The molecule has 0 saturated carbocycles. The van der Waals surface area contributed by atoms with Gasteiger partial charge in [-0.15, -0.1) is 0 Å². The molecule has 18 heavy (non-hydrogen) atoms. The van der Waals surface area contributed by atoms with E-state index in [1.54, 1.807) is 32.0 Å². The molecule has 1 aromatic rings. The Morgan fingerprint density at radius 2 is 2.17 bits per heavy atom. The average molecular weight is 315 g/mol. The third-order valence-electron chi connectivity index (χ3n) is 2.05. The van der Waals surface area contributed by atoms with Gasteiger partial charge in [0.2, 0.25) is 0 Å². The first kappa shape index (κ1) is 14.5. The number of hydrogen-bond acceptors (Lipinski definition) is 3. The number of rotatable bonds is 4. The van der Waals surface area contributed by atoms with Crippen LogP contribution in [0.2, 0.25) is 0 Å². The summed E-state index contributed by atoms with van der Waals surface area (Å²) < 4.78 is 6.27. The summed E-state index contributed by atoms with van der Waals surface area (Å²) in [5.74, 6) is 0.0730. The monoisotopic (exact) mass is 314 g/mol. The largest absolute Gasteiger partial charge is 0.481 e. The Balaban J connectivity index is 2.52. The Morgan fingerprint density at radius 1 is 1.44 bits per heavy atom. The molecule has 0 radical (unpaired) electrons. The lowest BCUT2D eigenvalue weighted by Gasteiger charge is -2.14. The number of halogens is 1. The number of urea groups is 1. The van der Waals surface area contributed by atoms with E-state index in [2.05, 4.69) is 26.6 Å². The van der Waals surface area contributed by atoms with E-state index >= 15 is 0 Å². The molecule has 0 aliphatic heterocycles. The number of hydrogen-bond donors (Lipinski definition) is 2. The van der Waals surface area contributed by atoms with Crippen molar-refractivity contribution in [2.24, 2.45) is 0 Å². The van der Waals surface area contributed by atoms with E-state index in [9.17, 15) is 9.59 Å². The lowest BCUT2D eigenvalue weighted by Crippen LogP contribution is -2.45. The van der Waals surface area contributed by atoms with Crippen LogP contribution in [0, 0.1) is 0 Å². The third kappa shape index (κ3) is 4.75. The average Bonchev–Trinajstić information content (AvgIpc) is 2.29. The van der Waals surface area contributed by atoms with Gasteiger partial charge in [-0.25, -0.2) is 4.79 Å². The highest BCUT2D eigenvalue weighted by Gasteiger charge is 2.16. The molecule has 98 valence electrons. The Kier molecular flexibility index (Phi) is 5.64. The predicted octanol–water partition coefficient (Wildman–Crippen LogP) is 2.06. The van der Waals surface area contributed by atoms with Crippen molar-refractivity contribution in [1.29, 1.82) is 0 Å². The summed E-state index contributed by atoms with van der Waals surface area (Å²) in [6.45, 7) is 3.81. The standard InChI is InChI=1S/C12H15BrN2O3/c1-3-14-12(17)15-11(16)8(2)18-10-6-4-5-9(13)7-10/h4-8H,3H2,1-2H3,(H2,14,15,16,17)/t8-/m1/s1. The van der Waals surface area contributed by atoms with Crippen molar-refractivity contribution in [3.63, 3.8) is 0 Å². The molecule has 0 aliphatic rings. The van der Waals surface area contributed by atoms with E-state index in [0.29, 0.717) is 12.3 Å². The first-order valence-corrected chi connectivity index (χ1v) is 6.33. The summed E-state index contributed by atoms with van der Waals surface area (Å²) in [5.41, 5.74) is 0. The minimum Gasteiger partial charge on any atom is -0.481 e. The van der Waals surface area contributed by atoms with Gasteiger partial charge in [0.15, 0.2) is 6.10 Å². The lowest BCUT2D eigenvalue weighted by molar-refractivity contribution is -0.126. The van der Waals surface area contributed by atoms with E-state index in [1.807, 2.05) is 6.07 Å². The Morgan fingerprint density at radius 3 is 2.78 bits per heavy atom. The van der Waals surface area contributed by atoms with Crippen molar-refractivity contribution >= 4 is 27.9 Å². The summed E-state index contributed by atoms with van der Waals surface area (Å²) >= 11 is 3.31. The van der Waals surface area contributed by atoms with Gasteiger partial charge in [0, 0.05) is 11.0 Å². The number of ether oxygens (including phenoxy) is 1. The van der Waals surface area contributed by atoms with Gasteiger partial charge in [0.05, 0.1) is 0 Å². The highest BCUT2D eigenvalue weighted by atomic mass is 79.9. The predicted molar refractivity (Wildman–Crippen MR) is 71.4 cm³/mol. The van der Waals surface area contributed by atoms with E-state index in [1.165, 1.54) is 0 Å². The van der Waals surface area contributed by atoms with Crippen LogP contribution in [0.5, 0.6) is 5.75 Å². The molecule has 1 aromatic carbocycles. The van der Waals surface area contributed by atoms with Crippen molar-refractivity contribution in [1.82, 2.24) is 10.6 Å². The van der Waals surface area contributed by atoms with Crippen molar-refractivity contribution in [3.8, 4) is 5.75 Å². The second kappa shape index (κ2) is 7.00. The maximum Gasteiger partial charge on any atom is 0.321 e. The maximum atomic E-state index is 11.6. The number of imide groups is 1. The molecule has 0 saturated heterocycles. The smallest absolute Gasteiger partial charge is 0.321 e. The van der Waals surface area contributed by atoms with Crippen molar-refractivity contribution in [3.05, 3.63) is 28.7 Å². The minimum absolute atomic E-state index is 0.458. The van der Waals surface area contributed by atoms with Crippen LogP contribution in [0.4, 0.5) is 4.79 Å². The maximum absolute atomic E-state index is 11.6. The molecule has 1 rings (SSSR count). The Labute approximate surface area is 114 Å². The topological polar surface area (TPSA) is 67.4 Å².